The zero-order valence-electron chi connectivity index (χ0n) is 9.53. The molecule has 5 heteroatoms. The summed E-state index contributed by atoms with van der Waals surface area (Å²) < 4.78 is 5.36. The van der Waals surface area contributed by atoms with Crippen LogP contribution in [0.5, 0.6) is 0 Å². The van der Waals surface area contributed by atoms with Crippen LogP contribution in [0.4, 0.5) is 0 Å². The van der Waals surface area contributed by atoms with Crippen LogP contribution in [0.3, 0.4) is 0 Å². The fourth-order valence-electron chi connectivity index (χ4n) is 1.02. The van der Waals surface area contributed by atoms with Gasteiger partial charge in [0.1, 0.15) is 6.04 Å². The van der Waals surface area contributed by atoms with E-state index in [1.165, 1.54) is 0 Å². The second-order valence-electron chi connectivity index (χ2n) is 3.78. The quantitative estimate of drug-likeness (QED) is 0.481. The van der Waals surface area contributed by atoms with Gasteiger partial charge < -0.3 is 20.9 Å². The highest BCUT2D eigenvalue weighted by molar-refractivity contribution is 5.73. The van der Waals surface area contributed by atoms with Gasteiger partial charge in [0.2, 0.25) is 0 Å². The number of ether oxygens (including phenoxy) is 1. The van der Waals surface area contributed by atoms with Crippen molar-refractivity contribution in [1.82, 2.24) is 5.32 Å². The summed E-state index contributed by atoms with van der Waals surface area (Å²) in [5, 5.41) is 11.5. The lowest BCUT2D eigenvalue weighted by atomic mass is 10.3. The summed E-state index contributed by atoms with van der Waals surface area (Å²) in [7, 11) is 0. The Morgan fingerprint density at radius 1 is 1.47 bits per heavy atom. The minimum atomic E-state index is -0.967. The fraction of sp³-hybridized carbons (Fsp3) is 0.900. The van der Waals surface area contributed by atoms with Crippen LogP contribution < -0.4 is 11.1 Å². The molecular weight excluding hydrogens is 196 g/mol. The Hall–Kier alpha value is -0.650. The Morgan fingerprint density at radius 3 is 2.67 bits per heavy atom. The van der Waals surface area contributed by atoms with Gasteiger partial charge in [0.15, 0.2) is 0 Å². The third-order valence-corrected chi connectivity index (χ3v) is 1.88. The van der Waals surface area contributed by atoms with Crippen molar-refractivity contribution in [2.75, 3.05) is 19.7 Å². The number of unbranched alkanes of at least 4 members (excludes halogenated alkanes) is 1. The van der Waals surface area contributed by atoms with Crippen molar-refractivity contribution in [2.24, 2.45) is 5.73 Å². The van der Waals surface area contributed by atoms with Gasteiger partial charge >= 0.3 is 5.97 Å². The first kappa shape index (κ1) is 14.3. The molecule has 4 N–H and O–H groups in total. The zero-order valence-corrected chi connectivity index (χ0v) is 9.53. The molecule has 1 atom stereocenters. The molecular formula is C10H22N2O3. The second kappa shape index (κ2) is 8.64. The van der Waals surface area contributed by atoms with Crippen molar-refractivity contribution in [3.05, 3.63) is 0 Å². The van der Waals surface area contributed by atoms with E-state index in [9.17, 15) is 4.79 Å². The Balaban J connectivity index is 3.15. The smallest absolute Gasteiger partial charge is 0.321 e. The van der Waals surface area contributed by atoms with Crippen molar-refractivity contribution in [3.63, 3.8) is 0 Å². The Bertz CT molecular complexity index is 174. The van der Waals surface area contributed by atoms with E-state index in [2.05, 4.69) is 5.32 Å². The average Bonchev–Trinajstić information content (AvgIpc) is 2.15. The molecule has 0 heterocycles. The summed E-state index contributed by atoms with van der Waals surface area (Å²) in [5.74, 6) is -0.967. The summed E-state index contributed by atoms with van der Waals surface area (Å²) >= 11 is 0. The summed E-state index contributed by atoms with van der Waals surface area (Å²) in [6.07, 6.45) is 2.23. The maximum Gasteiger partial charge on any atom is 0.321 e. The minimum absolute atomic E-state index is 0.276. The lowest BCUT2D eigenvalue weighted by Gasteiger charge is -2.09. The summed E-state index contributed by atoms with van der Waals surface area (Å²) in [6.45, 7) is 5.86. The predicted molar refractivity (Wildman–Crippen MR) is 58.8 cm³/mol. The van der Waals surface area contributed by atoms with E-state index in [-0.39, 0.29) is 6.10 Å². The molecule has 0 aromatic carbocycles. The fourth-order valence-corrected chi connectivity index (χ4v) is 1.02. The lowest BCUT2D eigenvalue weighted by molar-refractivity contribution is -0.138. The van der Waals surface area contributed by atoms with Gasteiger partial charge in [0.05, 0.1) is 6.10 Å². The van der Waals surface area contributed by atoms with Crippen molar-refractivity contribution < 1.29 is 14.6 Å². The van der Waals surface area contributed by atoms with Crippen LogP contribution in [0.2, 0.25) is 0 Å². The van der Waals surface area contributed by atoms with Gasteiger partial charge in [-0.3, -0.25) is 4.79 Å². The van der Waals surface area contributed by atoms with Crippen LogP contribution in [0.25, 0.3) is 0 Å². The Labute approximate surface area is 91.0 Å². The van der Waals surface area contributed by atoms with Crippen molar-refractivity contribution >= 4 is 5.97 Å². The highest BCUT2D eigenvalue weighted by atomic mass is 16.5. The van der Waals surface area contributed by atoms with Crippen LogP contribution in [0, 0.1) is 0 Å². The molecule has 0 aromatic rings. The van der Waals surface area contributed by atoms with Crippen molar-refractivity contribution in [1.29, 1.82) is 0 Å². The zero-order chi connectivity index (χ0) is 11.7. The van der Waals surface area contributed by atoms with E-state index < -0.39 is 12.0 Å². The van der Waals surface area contributed by atoms with Crippen LogP contribution in [-0.2, 0) is 9.53 Å². The number of carboxylic acid groups (broad SMARTS) is 1. The number of carboxylic acids is 1. The molecule has 0 amide bonds. The molecule has 0 saturated carbocycles. The van der Waals surface area contributed by atoms with E-state index in [1.54, 1.807) is 0 Å². The van der Waals surface area contributed by atoms with Crippen LogP contribution in [0.1, 0.15) is 26.7 Å². The Kier molecular flexibility index (Phi) is 8.27. The molecule has 0 radical (unpaired) electrons. The van der Waals surface area contributed by atoms with Crippen LogP contribution >= 0.6 is 0 Å². The largest absolute Gasteiger partial charge is 0.480 e. The summed E-state index contributed by atoms with van der Waals surface area (Å²) in [4.78, 5) is 10.4. The summed E-state index contributed by atoms with van der Waals surface area (Å²) in [6, 6.07) is -0.808. The first-order valence-corrected chi connectivity index (χ1v) is 5.34. The van der Waals surface area contributed by atoms with Gasteiger partial charge in [0.25, 0.3) is 0 Å². The van der Waals surface area contributed by atoms with E-state index in [1.807, 2.05) is 13.8 Å². The molecule has 1 unspecified atom stereocenters. The van der Waals surface area contributed by atoms with E-state index in [4.69, 9.17) is 15.6 Å². The molecule has 0 saturated heterocycles. The number of nitrogens with two attached hydrogens (primary N) is 1. The van der Waals surface area contributed by atoms with Gasteiger partial charge in [-0.15, -0.1) is 0 Å². The standard InChI is InChI=1S/C10H22N2O3/c1-8(2)15-6-4-3-5-12-7-9(11)10(13)14/h8-9,12H,3-7,11H2,1-2H3,(H,13,14). The normalized spacial score (nSPS) is 13.1. The van der Waals surface area contributed by atoms with Crippen molar-refractivity contribution in [2.45, 2.75) is 38.8 Å². The van der Waals surface area contributed by atoms with Gasteiger partial charge in [-0.25, -0.2) is 0 Å². The SMILES string of the molecule is CC(C)OCCCCNCC(N)C(=O)O. The molecule has 0 spiro atoms. The first-order valence-electron chi connectivity index (χ1n) is 5.34. The van der Waals surface area contributed by atoms with Gasteiger partial charge in [-0.05, 0) is 33.2 Å². The number of carbonyl (C=O) groups is 1. The van der Waals surface area contributed by atoms with E-state index in [0.29, 0.717) is 6.54 Å². The highest BCUT2D eigenvalue weighted by Crippen LogP contribution is 1.93. The van der Waals surface area contributed by atoms with Crippen molar-refractivity contribution in [3.8, 4) is 0 Å². The average molecular weight is 218 g/mol. The predicted octanol–water partition coefficient (Wildman–Crippen LogP) is 0.193. The van der Waals surface area contributed by atoms with Gasteiger partial charge in [0, 0.05) is 13.2 Å². The molecule has 0 aliphatic carbocycles. The van der Waals surface area contributed by atoms with E-state index >= 15 is 0 Å². The molecule has 0 rings (SSSR count). The highest BCUT2D eigenvalue weighted by Gasteiger charge is 2.09. The molecule has 90 valence electrons. The minimum Gasteiger partial charge on any atom is -0.480 e. The number of rotatable bonds is 9. The van der Waals surface area contributed by atoms with Crippen LogP contribution in [0.15, 0.2) is 0 Å². The maximum absolute atomic E-state index is 10.4. The third kappa shape index (κ3) is 9.65. The van der Waals surface area contributed by atoms with E-state index in [0.717, 1.165) is 26.0 Å². The Morgan fingerprint density at radius 2 is 2.13 bits per heavy atom. The molecule has 0 aliphatic rings. The number of aliphatic carboxylic acids is 1. The molecule has 15 heavy (non-hydrogen) atoms. The molecule has 0 fully saturated rings. The van der Waals surface area contributed by atoms with Gasteiger partial charge in [-0.2, -0.15) is 0 Å². The van der Waals surface area contributed by atoms with Gasteiger partial charge in [-0.1, -0.05) is 0 Å². The molecule has 5 nitrogen and oxygen atoms in total. The third-order valence-electron chi connectivity index (χ3n) is 1.88. The molecule has 0 bridgehead atoms. The molecule has 0 aromatic heterocycles. The summed E-state index contributed by atoms with van der Waals surface area (Å²) in [5.41, 5.74) is 5.31. The second-order valence-corrected chi connectivity index (χ2v) is 3.78. The monoisotopic (exact) mass is 218 g/mol. The number of hydrogen-bond donors (Lipinski definition) is 3. The number of hydrogen-bond acceptors (Lipinski definition) is 4. The molecule has 0 aliphatic heterocycles. The van der Waals surface area contributed by atoms with Crippen LogP contribution in [-0.4, -0.2) is 42.9 Å². The number of nitrogens with one attached hydrogen (secondary N) is 1. The maximum atomic E-state index is 10.4. The first-order chi connectivity index (χ1) is 7.04. The lowest BCUT2D eigenvalue weighted by Crippen LogP contribution is -2.40. The topological polar surface area (TPSA) is 84.6 Å².